The molecule has 0 saturated carbocycles. The van der Waals surface area contributed by atoms with Crippen LogP contribution in [0.2, 0.25) is 0 Å². The van der Waals surface area contributed by atoms with Crippen LogP contribution in [0.1, 0.15) is 13.8 Å². The highest BCUT2D eigenvalue weighted by Gasteiger charge is 2.45. The van der Waals surface area contributed by atoms with Gasteiger partial charge in [0.05, 0.1) is 6.61 Å². The number of rotatable bonds is 6. The maximum atomic E-state index is 12.5. The standard InChI is InChI=1S/C14H18N4O6/c1-14(2)13(20)17(8-11(19)15-6-7-23-3)12-9(24-14)4-5-10(16-12)18(21)22/h4-5H,6-8H2,1-3H3,(H,15,19). The Morgan fingerprint density at radius 1 is 1.50 bits per heavy atom. The lowest BCUT2D eigenvalue weighted by molar-refractivity contribution is -0.389. The summed E-state index contributed by atoms with van der Waals surface area (Å²) in [6, 6.07) is 2.55. The predicted molar refractivity (Wildman–Crippen MR) is 82.8 cm³/mol. The minimum absolute atomic E-state index is 0.0459. The van der Waals surface area contributed by atoms with Gasteiger partial charge in [0.1, 0.15) is 6.54 Å². The van der Waals surface area contributed by atoms with Gasteiger partial charge in [-0.3, -0.25) is 14.5 Å². The largest absolute Gasteiger partial charge is 0.472 e. The summed E-state index contributed by atoms with van der Waals surface area (Å²) in [5.41, 5.74) is -1.21. The van der Waals surface area contributed by atoms with Crippen molar-refractivity contribution in [2.75, 3.05) is 31.7 Å². The Balaban J connectivity index is 2.31. The first-order chi connectivity index (χ1) is 11.3. The van der Waals surface area contributed by atoms with Crippen molar-refractivity contribution >= 4 is 23.5 Å². The van der Waals surface area contributed by atoms with E-state index in [-0.39, 0.29) is 24.7 Å². The summed E-state index contributed by atoms with van der Waals surface area (Å²) in [4.78, 5) is 39.7. The summed E-state index contributed by atoms with van der Waals surface area (Å²) in [5.74, 6) is -1.22. The molecule has 10 nitrogen and oxygen atoms in total. The highest BCUT2D eigenvalue weighted by Crippen LogP contribution is 2.37. The number of methoxy groups -OCH3 is 1. The molecule has 0 radical (unpaired) electrons. The summed E-state index contributed by atoms with van der Waals surface area (Å²) in [6.45, 7) is 3.39. The number of nitro groups is 1. The second-order valence-corrected chi connectivity index (χ2v) is 5.59. The number of amides is 2. The normalized spacial score (nSPS) is 15.5. The number of carbonyl (C=O) groups excluding carboxylic acids is 2. The van der Waals surface area contributed by atoms with Crippen LogP contribution in [-0.2, 0) is 14.3 Å². The van der Waals surface area contributed by atoms with Crippen LogP contribution in [0.4, 0.5) is 11.6 Å². The van der Waals surface area contributed by atoms with Gasteiger partial charge in [0.25, 0.3) is 11.7 Å². The number of pyridine rings is 1. The van der Waals surface area contributed by atoms with E-state index in [2.05, 4.69) is 10.3 Å². The summed E-state index contributed by atoms with van der Waals surface area (Å²) in [5, 5.41) is 13.5. The summed E-state index contributed by atoms with van der Waals surface area (Å²) in [6.07, 6.45) is 0. The summed E-state index contributed by atoms with van der Waals surface area (Å²) < 4.78 is 10.4. The van der Waals surface area contributed by atoms with Crippen LogP contribution in [0.5, 0.6) is 5.75 Å². The molecule has 1 aromatic rings. The Morgan fingerprint density at radius 3 is 2.83 bits per heavy atom. The molecular formula is C14H18N4O6. The third kappa shape index (κ3) is 3.59. The van der Waals surface area contributed by atoms with E-state index in [1.54, 1.807) is 13.8 Å². The van der Waals surface area contributed by atoms with E-state index in [1.165, 1.54) is 19.2 Å². The second kappa shape index (κ2) is 6.79. The molecule has 0 saturated heterocycles. The molecule has 0 atom stereocenters. The Labute approximate surface area is 137 Å². The number of hydrogen-bond acceptors (Lipinski definition) is 7. The van der Waals surface area contributed by atoms with Crippen molar-refractivity contribution in [3.05, 3.63) is 22.2 Å². The van der Waals surface area contributed by atoms with Gasteiger partial charge in [-0.2, -0.15) is 0 Å². The Kier molecular flexibility index (Phi) is 4.98. The SMILES string of the molecule is COCCNC(=O)CN1C(=O)C(C)(C)Oc2ccc([N+](=O)[O-])nc21. The van der Waals surface area contributed by atoms with Gasteiger partial charge in [-0.15, -0.1) is 0 Å². The third-order valence-electron chi connectivity index (χ3n) is 3.32. The molecule has 130 valence electrons. The number of fused-ring (bicyclic) bond motifs is 1. The Morgan fingerprint density at radius 2 is 2.21 bits per heavy atom. The zero-order valence-corrected chi connectivity index (χ0v) is 13.6. The first kappa shape index (κ1) is 17.6. The molecule has 1 aliphatic heterocycles. The monoisotopic (exact) mass is 338 g/mol. The number of anilines is 1. The van der Waals surface area contributed by atoms with E-state index in [0.717, 1.165) is 4.90 Å². The molecule has 1 aliphatic rings. The minimum Gasteiger partial charge on any atom is -0.472 e. The van der Waals surface area contributed by atoms with Crippen LogP contribution in [0.15, 0.2) is 12.1 Å². The topological polar surface area (TPSA) is 124 Å². The predicted octanol–water partition coefficient (Wildman–Crippen LogP) is 0.256. The number of nitrogens with zero attached hydrogens (tertiary/aromatic N) is 3. The smallest absolute Gasteiger partial charge is 0.366 e. The van der Waals surface area contributed by atoms with Crippen LogP contribution in [0.25, 0.3) is 0 Å². The van der Waals surface area contributed by atoms with Crippen molar-refractivity contribution in [3.8, 4) is 5.75 Å². The van der Waals surface area contributed by atoms with Crippen molar-refractivity contribution in [1.82, 2.24) is 10.3 Å². The van der Waals surface area contributed by atoms with Crippen molar-refractivity contribution < 1.29 is 24.0 Å². The van der Waals surface area contributed by atoms with Crippen LogP contribution < -0.4 is 15.0 Å². The molecule has 0 unspecified atom stereocenters. The number of carbonyl (C=O) groups is 2. The zero-order valence-electron chi connectivity index (χ0n) is 13.6. The molecule has 1 aromatic heterocycles. The summed E-state index contributed by atoms with van der Waals surface area (Å²) >= 11 is 0. The lowest BCUT2D eigenvalue weighted by Crippen LogP contribution is -2.55. The van der Waals surface area contributed by atoms with Gasteiger partial charge in [0, 0.05) is 19.7 Å². The molecule has 0 fully saturated rings. The summed E-state index contributed by atoms with van der Waals surface area (Å²) in [7, 11) is 1.50. The lowest BCUT2D eigenvalue weighted by atomic mass is 10.1. The first-order valence-corrected chi connectivity index (χ1v) is 7.18. The fourth-order valence-electron chi connectivity index (χ4n) is 2.18. The molecule has 24 heavy (non-hydrogen) atoms. The van der Waals surface area contributed by atoms with Crippen molar-refractivity contribution in [2.45, 2.75) is 19.4 Å². The average Bonchev–Trinajstić information content (AvgIpc) is 2.51. The highest BCUT2D eigenvalue weighted by molar-refractivity contribution is 6.05. The van der Waals surface area contributed by atoms with E-state index in [4.69, 9.17) is 9.47 Å². The molecular weight excluding hydrogens is 320 g/mol. The average molecular weight is 338 g/mol. The highest BCUT2D eigenvalue weighted by atomic mass is 16.6. The van der Waals surface area contributed by atoms with E-state index >= 15 is 0 Å². The molecule has 2 rings (SSSR count). The van der Waals surface area contributed by atoms with Crippen LogP contribution >= 0.6 is 0 Å². The fourth-order valence-corrected chi connectivity index (χ4v) is 2.18. The maximum Gasteiger partial charge on any atom is 0.366 e. The Hall–Kier alpha value is -2.75. The van der Waals surface area contributed by atoms with Gasteiger partial charge in [0.2, 0.25) is 5.91 Å². The molecule has 0 bridgehead atoms. The Bertz CT molecular complexity index is 675. The van der Waals surface area contributed by atoms with E-state index < -0.39 is 28.2 Å². The number of hydrogen-bond donors (Lipinski definition) is 1. The van der Waals surface area contributed by atoms with E-state index in [1.807, 2.05) is 0 Å². The number of ether oxygens (including phenoxy) is 2. The zero-order chi connectivity index (χ0) is 17.9. The quantitative estimate of drug-likeness (QED) is 0.448. The van der Waals surface area contributed by atoms with Crippen LogP contribution in [-0.4, -0.2) is 54.1 Å². The number of aromatic nitrogens is 1. The lowest BCUT2D eigenvalue weighted by Gasteiger charge is -2.35. The van der Waals surface area contributed by atoms with Crippen molar-refractivity contribution in [2.24, 2.45) is 0 Å². The van der Waals surface area contributed by atoms with Crippen LogP contribution in [0.3, 0.4) is 0 Å². The maximum absolute atomic E-state index is 12.5. The van der Waals surface area contributed by atoms with Gasteiger partial charge in [0.15, 0.2) is 11.4 Å². The van der Waals surface area contributed by atoms with E-state index in [0.29, 0.717) is 6.61 Å². The molecule has 0 aliphatic carbocycles. The van der Waals surface area contributed by atoms with Gasteiger partial charge in [-0.25, -0.2) is 0 Å². The molecule has 0 aromatic carbocycles. The van der Waals surface area contributed by atoms with Gasteiger partial charge in [-0.05, 0) is 29.8 Å². The minimum atomic E-state index is -1.21. The molecule has 1 N–H and O–H groups in total. The van der Waals surface area contributed by atoms with Gasteiger partial charge >= 0.3 is 5.82 Å². The third-order valence-corrected chi connectivity index (χ3v) is 3.32. The van der Waals surface area contributed by atoms with Crippen molar-refractivity contribution in [1.29, 1.82) is 0 Å². The van der Waals surface area contributed by atoms with Crippen LogP contribution in [0, 0.1) is 10.1 Å². The van der Waals surface area contributed by atoms with Gasteiger partial charge in [-0.1, -0.05) is 0 Å². The van der Waals surface area contributed by atoms with Gasteiger partial charge < -0.3 is 24.9 Å². The number of nitrogens with one attached hydrogen (secondary N) is 1. The molecule has 2 heterocycles. The van der Waals surface area contributed by atoms with E-state index in [9.17, 15) is 19.7 Å². The fraction of sp³-hybridized carbons (Fsp3) is 0.500. The second-order valence-electron chi connectivity index (χ2n) is 5.59. The van der Waals surface area contributed by atoms with Crippen molar-refractivity contribution in [3.63, 3.8) is 0 Å². The molecule has 2 amide bonds. The molecule has 0 spiro atoms. The molecule has 10 heteroatoms. The first-order valence-electron chi connectivity index (χ1n) is 7.18.